The SMILES string of the molecule is CCOC(=O)c1cn(CC(C)(C)O)nc1C#N. The summed E-state index contributed by atoms with van der Waals surface area (Å²) in [5.74, 6) is -0.578. The lowest BCUT2D eigenvalue weighted by Crippen LogP contribution is -2.26. The van der Waals surface area contributed by atoms with Crippen LogP contribution >= 0.6 is 0 Å². The Kier molecular flexibility index (Phi) is 3.86. The average Bonchev–Trinajstić information content (AvgIpc) is 2.58. The van der Waals surface area contributed by atoms with Gasteiger partial charge in [-0.15, -0.1) is 0 Å². The summed E-state index contributed by atoms with van der Waals surface area (Å²) in [6, 6.07) is 1.83. The van der Waals surface area contributed by atoms with Crippen LogP contribution in [0.3, 0.4) is 0 Å². The highest BCUT2D eigenvalue weighted by atomic mass is 16.5. The number of carbonyl (C=O) groups is 1. The Morgan fingerprint density at radius 2 is 2.35 bits per heavy atom. The molecule has 0 radical (unpaired) electrons. The first-order valence-electron chi connectivity index (χ1n) is 5.24. The third-order valence-electron chi connectivity index (χ3n) is 1.91. The molecular weight excluding hydrogens is 222 g/mol. The second-order valence-electron chi connectivity index (χ2n) is 4.23. The number of hydrogen-bond acceptors (Lipinski definition) is 5. The molecule has 0 aliphatic heterocycles. The van der Waals surface area contributed by atoms with Gasteiger partial charge in [0.2, 0.25) is 0 Å². The van der Waals surface area contributed by atoms with Gasteiger partial charge in [0.1, 0.15) is 11.6 Å². The quantitative estimate of drug-likeness (QED) is 0.779. The number of hydrogen-bond donors (Lipinski definition) is 1. The average molecular weight is 237 g/mol. The van der Waals surface area contributed by atoms with Crippen LogP contribution in [0, 0.1) is 11.3 Å². The molecule has 1 aromatic heterocycles. The van der Waals surface area contributed by atoms with E-state index >= 15 is 0 Å². The van der Waals surface area contributed by atoms with Gasteiger partial charge in [-0.25, -0.2) is 4.79 Å². The van der Waals surface area contributed by atoms with Crippen molar-refractivity contribution in [3.63, 3.8) is 0 Å². The maximum atomic E-state index is 11.5. The molecule has 0 aliphatic rings. The van der Waals surface area contributed by atoms with Crippen molar-refractivity contribution < 1.29 is 14.6 Å². The molecule has 0 bridgehead atoms. The molecule has 1 rings (SSSR count). The molecule has 0 unspecified atom stereocenters. The van der Waals surface area contributed by atoms with E-state index < -0.39 is 11.6 Å². The van der Waals surface area contributed by atoms with Gasteiger partial charge in [0.25, 0.3) is 0 Å². The lowest BCUT2D eigenvalue weighted by Gasteiger charge is -2.16. The van der Waals surface area contributed by atoms with Gasteiger partial charge in [-0.2, -0.15) is 10.4 Å². The first kappa shape index (κ1) is 13.2. The van der Waals surface area contributed by atoms with Crippen molar-refractivity contribution in [1.29, 1.82) is 5.26 Å². The fraction of sp³-hybridized carbons (Fsp3) is 0.545. The molecule has 17 heavy (non-hydrogen) atoms. The molecule has 6 nitrogen and oxygen atoms in total. The predicted octanol–water partition coefficient (Wildman–Crippen LogP) is 0.702. The molecule has 1 aromatic rings. The molecule has 0 atom stereocenters. The van der Waals surface area contributed by atoms with Crippen molar-refractivity contribution >= 4 is 5.97 Å². The molecule has 0 saturated heterocycles. The number of aromatic nitrogens is 2. The number of nitrogens with zero attached hydrogens (tertiary/aromatic N) is 3. The number of carbonyl (C=O) groups excluding carboxylic acids is 1. The minimum absolute atomic E-state index is 0.00713. The Balaban J connectivity index is 3.00. The highest BCUT2D eigenvalue weighted by molar-refractivity contribution is 5.91. The standard InChI is InChI=1S/C11H15N3O3/c1-4-17-10(15)8-6-14(7-11(2,3)16)13-9(8)5-12/h6,16H,4,7H2,1-3H3. The molecule has 0 aliphatic carbocycles. The summed E-state index contributed by atoms with van der Waals surface area (Å²) in [7, 11) is 0. The van der Waals surface area contributed by atoms with Crippen molar-refractivity contribution in [2.45, 2.75) is 32.9 Å². The highest BCUT2D eigenvalue weighted by Crippen LogP contribution is 2.11. The Morgan fingerprint density at radius 1 is 1.71 bits per heavy atom. The maximum absolute atomic E-state index is 11.5. The smallest absolute Gasteiger partial charge is 0.342 e. The molecule has 6 heteroatoms. The van der Waals surface area contributed by atoms with Crippen LogP contribution in [0.1, 0.15) is 36.8 Å². The van der Waals surface area contributed by atoms with Crippen molar-refractivity contribution in [2.75, 3.05) is 6.61 Å². The summed E-state index contributed by atoms with van der Waals surface area (Å²) in [5, 5.41) is 22.4. The van der Waals surface area contributed by atoms with Crippen molar-refractivity contribution in [2.24, 2.45) is 0 Å². The lowest BCUT2D eigenvalue weighted by atomic mass is 10.1. The Morgan fingerprint density at radius 3 is 2.82 bits per heavy atom. The van der Waals surface area contributed by atoms with Crippen LogP contribution < -0.4 is 0 Å². The van der Waals surface area contributed by atoms with E-state index in [0.717, 1.165) is 0 Å². The van der Waals surface area contributed by atoms with Crippen molar-refractivity contribution in [3.05, 3.63) is 17.5 Å². The number of rotatable bonds is 4. The van der Waals surface area contributed by atoms with E-state index in [4.69, 9.17) is 10.00 Å². The van der Waals surface area contributed by atoms with Gasteiger partial charge in [-0.3, -0.25) is 4.68 Å². The van der Waals surface area contributed by atoms with E-state index in [1.165, 1.54) is 10.9 Å². The zero-order chi connectivity index (χ0) is 13.1. The molecule has 92 valence electrons. The molecule has 0 fully saturated rings. The van der Waals surface area contributed by atoms with E-state index in [-0.39, 0.29) is 24.4 Å². The monoisotopic (exact) mass is 237 g/mol. The first-order valence-corrected chi connectivity index (χ1v) is 5.24. The van der Waals surface area contributed by atoms with Gasteiger partial charge in [0.05, 0.1) is 18.8 Å². The van der Waals surface area contributed by atoms with Crippen LogP contribution in [0.2, 0.25) is 0 Å². The van der Waals surface area contributed by atoms with Gasteiger partial charge in [-0.05, 0) is 20.8 Å². The third kappa shape index (κ3) is 3.57. The van der Waals surface area contributed by atoms with Crippen LogP contribution in [0.15, 0.2) is 6.20 Å². The van der Waals surface area contributed by atoms with E-state index in [1.54, 1.807) is 20.8 Å². The second kappa shape index (κ2) is 4.97. The largest absolute Gasteiger partial charge is 0.462 e. The van der Waals surface area contributed by atoms with Gasteiger partial charge in [-0.1, -0.05) is 0 Å². The molecule has 1 heterocycles. The Labute approximate surface area is 99.4 Å². The van der Waals surface area contributed by atoms with E-state index in [2.05, 4.69) is 5.10 Å². The lowest BCUT2D eigenvalue weighted by molar-refractivity contribution is 0.0517. The summed E-state index contributed by atoms with van der Waals surface area (Å²) >= 11 is 0. The minimum atomic E-state index is -0.968. The molecule has 0 amide bonds. The zero-order valence-corrected chi connectivity index (χ0v) is 10.1. The highest BCUT2D eigenvalue weighted by Gasteiger charge is 2.20. The summed E-state index contributed by atoms with van der Waals surface area (Å²) in [5.41, 5.74) is -0.837. The van der Waals surface area contributed by atoms with Gasteiger partial charge in [0, 0.05) is 6.20 Å². The fourth-order valence-electron chi connectivity index (χ4n) is 1.34. The minimum Gasteiger partial charge on any atom is -0.462 e. The zero-order valence-electron chi connectivity index (χ0n) is 10.1. The third-order valence-corrected chi connectivity index (χ3v) is 1.91. The first-order chi connectivity index (χ1) is 7.87. The van der Waals surface area contributed by atoms with E-state index in [0.29, 0.717) is 0 Å². The summed E-state index contributed by atoms with van der Waals surface area (Å²) in [6.07, 6.45) is 1.41. The molecule has 0 aromatic carbocycles. The normalized spacial score (nSPS) is 11.0. The van der Waals surface area contributed by atoms with Crippen molar-refractivity contribution in [3.8, 4) is 6.07 Å². The van der Waals surface area contributed by atoms with E-state index in [9.17, 15) is 9.90 Å². The van der Waals surface area contributed by atoms with Crippen LogP contribution in [0.5, 0.6) is 0 Å². The number of esters is 1. The van der Waals surface area contributed by atoms with Gasteiger partial charge < -0.3 is 9.84 Å². The summed E-state index contributed by atoms with van der Waals surface area (Å²) in [4.78, 5) is 11.5. The maximum Gasteiger partial charge on any atom is 0.342 e. The predicted molar refractivity (Wildman–Crippen MR) is 59.2 cm³/mol. The summed E-state index contributed by atoms with van der Waals surface area (Å²) < 4.78 is 6.17. The van der Waals surface area contributed by atoms with Crippen molar-refractivity contribution in [1.82, 2.24) is 9.78 Å². The van der Waals surface area contributed by atoms with Crippen LogP contribution in [-0.4, -0.2) is 33.1 Å². The topological polar surface area (TPSA) is 88.1 Å². The van der Waals surface area contributed by atoms with Crippen LogP contribution in [0.25, 0.3) is 0 Å². The Bertz CT molecular complexity index is 452. The summed E-state index contributed by atoms with van der Waals surface area (Å²) in [6.45, 7) is 5.35. The number of ether oxygens (including phenoxy) is 1. The van der Waals surface area contributed by atoms with Gasteiger partial charge in [0.15, 0.2) is 5.69 Å². The van der Waals surface area contributed by atoms with E-state index in [1.807, 2.05) is 6.07 Å². The number of aliphatic hydroxyl groups is 1. The number of nitriles is 1. The Hall–Kier alpha value is -1.87. The molecule has 1 N–H and O–H groups in total. The molecule has 0 spiro atoms. The fourth-order valence-corrected chi connectivity index (χ4v) is 1.34. The van der Waals surface area contributed by atoms with Crippen LogP contribution in [0.4, 0.5) is 0 Å². The van der Waals surface area contributed by atoms with Crippen LogP contribution in [-0.2, 0) is 11.3 Å². The molecular formula is C11H15N3O3. The second-order valence-corrected chi connectivity index (χ2v) is 4.23. The van der Waals surface area contributed by atoms with Gasteiger partial charge >= 0.3 is 5.97 Å². The molecule has 0 saturated carbocycles.